The molecule has 8 aliphatic rings. The third kappa shape index (κ3) is 3.02. The first-order chi connectivity index (χ1) is 20.4. The molecule has 2 aromatic carbocycles. The lowest BCUT2D eigenvalue weighted by molar-refractivity contribution is -0.198. The highest BCUT2D eigenvalue weighted by atomic mass is 16.6. The van der Waals surface area contributed by atoms with Gasteiger partial charge in [-0.1, -0.05) is 60.7 Å². The Morgan fingerprint density at radius 2 is 1.31 bits per heavy atom. The first-order valence-corrected chi connectivity index (χ1v) is 14.8. The third-order valence-electron chi connectivity index (χ3n) is 10.8. The minimum atomic E-state index is -1.26. The molecular formula is C34H28O8. The number of fused-ring (bicyclic) bond motifs is 2. The van der Waals surface area contributed by atoms with Gasteiger partial charge in [0.15, 0.2) is 11.6 Å². The summed E-state index contributed by atoms with van der Waals surface area (Å²) in [6.07, 6.45) is 0.251. The van der Waals surface area contributed by atoms with Gasteiger partial charge in [-0.2, -0.15) is 0 Å². The second kappa shape index (κ2) is 8.43. The van der Waals surface area contributed by atoms with Crippen LogP contribution in [-0.4, -0.2) is 35.7 Å². The first kappa shape index (κ1) is 24.4. The molecule has 0 amide bonds. The Balaban J connectivity index is 1.25. The number of carbonyl (C=O) groups excluding carboxylic acids is 4. The highest BCUT2D eigenvalue weighted by molar-refractivity contribution is 6.00. The lowest BCUT2D eigenvalue weighted by atomic mass is 9.41. The van der Waals surface area contributed by atoms with Gasteiger partial charge >= 0.3 is 11.9 Å². The molecule has 8 nitrogen and oxygen atoms in total. The minimum Gasteiger partial charge on any atom is -0.489 e. The van der Waals surface area contributed by atoms with Gasteiger partial charge in [-0.05, 0) is 17.2 Å². The summed E-state index contributed by atoms with van der Waals surface area (Å²) in [4.78, 5) is 54.4. The van der Waals surface area contributed by atoms with Crippen molar-refractivity contribution >= 4 is 23.5 Å². The third-order valence-corrected chi connectivity index (χ3v) is 10.8. The molecule has 8 heteroatoms. The monoisotopic (exact) mass is 564 g/mol. The van der Waals surface area contributed by atoms with Gasteiger partial charge in [0.25, 0.3) is 0 Å². The molecule has 42 heavy (non-hydrogen) atoms. The Morgan fingerprint density at radius 1 is 0.667 bits per heavy atom. The molecule has 0 aromatic heterocycles. The number of rotatable bonds is 2. The predicted octanol–water partition coefficient (Wildman–Crippen LogP) is 4.33. The number of ether oxygens (including phenoxy) is 4. The van der Waals surface area contributed by atoms with Crippen molar-refractivity contribution in [3.05, 3.63) is 95.0 Å². The summed E-state index contributed by atoms with van der Waals surface area (Å²) in [5.41, 5.74) is 0.981. The summed E-state index contributed by atoms with van der Waals surface area (Å²) in [6.45, 7) is 0. The fourth-order valence-corrected chi connectivity index (χ4v) is 9.35. The fraction of sp³-hybridized carbons (Fsp3) is 0.412. The van der Waals surface area contributed by atoms with Crippen molar-refractivity contribution in [1.29, 1.82) is 0 Å². The molecule has 1 saturated carbocycles. The van der Waals surface area contributed by atoms with Crippen molar-refractivity contribution in [2.24, 2.45) is 35.0 Å². The van der Waals surface area contributed by atoms with Crippen molar-refractivity contribution in [3.8, 4) is 0 Å². The van der Waals surface area contributed by atoms with Crippen molar-refractivity contribution in [2.45, 2.75) is 50.1 Å². The van der Waals surface area contributed by atoms with Crippen LogP contribution in [0.15, 0.2) is 83.8 Å². The fourth-order valence-electron chi connectivity index (χ4n) is 9.35. The van der Waals surface area contributed by atoms with E-state index in [9.17, 15) is 19.2 Å². The second-order valence-corrected chi connectivity index (χ2v) is 12.6. The molecule has 2 bridgehead atoms. The number of hydrogen-bond donors (Lipinski definition) is 0. The Labute approximate surface area is 241 Å². The number of allylic oxidation sites excluding steroid dienone is 2. The average molecular weight is 565 g/mol. The van der Waals surface area contributed by atoms with Crippen LogP contribution in [0.25, 0.3) is 0 Å². The number of hydrogen-bond acceptors (Lipinski definition) is 8. The van der Waals surface area contributed by atoms with Crippen molar-refractivity contribution in [3.63, 3.8) is 0 Å². The van der Waals surface area contributed by atoms with E-state index in [2.05, 4.69) is 0 Å². The quantitative estimate of drug-likeness (QED) is 0.497. The number of esters is 2. The number of Topliss-reactive ketones (excluding diaryl/α,β-unsaturated/α-hetero) is 2. The van der Waals surface area contributed by atoms with E-state index in [0.717, 1.165) is 11.1 Å². The van der Waals surface area contributed by atoms with Crippen LogP contribution in [0, 0.1) is 35.0 Å². The summed E-state index contributed by atoms with van der Waals surface area (Å²) in [7, 11) is 0. The van der Waals surface area contributed by atoms with E-state index in [1.165, 1.54) is 0 Å². The van der Waals surface area contributed by atoms with E-state index in [0.29, 0.717) is 17.1 Å². The van der Waals surface area contributed by atoms with Crippen molar-refractivity contribution in [1.82, 2.24) is 0 Å². The molecule has 4 heterocycles. The summed E-state index contributed by atoms with van der Waals surface area (Å²) in [6, 6.07) is 19.3. The molecule has 10 rings (SSSR count). The minimum absolute atomic E-state index is 0.0530. The molecule has 4 fully saturated rings. The molecule has 0 unspecified atom stereocenters. The zero-order valence-corrected chi connectivity index (χ0v) is 22.6. The van der Waals surface area contributed by atoms with Gasteiger partial charge in [0.2, 0.25) is 0 Å². The van der Waals surface area contributed by atoms with Crippen LogP contribution in [0.2, 0.25) is 0 Å². The van der Waals surface area contributed by atoms with Crippen LogP contribution >= 0.6 is 0 Å². The van der Waals surface area contributed by atoms with Crippen LogP contribution < -0.4 is 0 Å². The lowest BCUT2D eigenvalue weighted by Gasteiger charge is -2.63. The normalized spacial score (nSPS) is 40.9. The van der Waals surface area contributed by atoms with Crippen LogP contribution in [0.5, 0.6) is 0 Å². The van der Waals surface area contributed by atoms with E-state index in [1.54, 1.807) is 0 Å². The second-order valence-electron chi connectivity index (χ2n) is 12.6. The Morgan fingerprint density at radius 3 is 2.02 bits per heavy atom. The smallest absolute Gasteiger partial charge is 0.306 e. The molecule has 3 saturated heterocycles. The summed E-state index contributed by atoms with van der Waals surface area (Å²) in [5, 5.41) is 0. The molecule has 0 radical (unpaired) electrons. The Kier molecular flexibility index (Phi) is 4.90. The maximum atomic E-state index is 14.8. The van der Waals surface area contributed by atoms with Gasteiger partial charge in [-0.15, -0.1) is 0 Å². The van der Waals surface area contributed by atoms with Gasteiger partial charge in [0, 0.05) is 41.6 Å². The SMILES string of the molecule is O=C1C[C@@H]2C3=C(O[C@@H](c4ccccc4)CC3=O)[C@@H]3[C@@H]([C@H]4C=C5O[C@@H](c6ccccc6)CC(=O)[C@@]53[C@H]3CC(=O)O[C@H]43)[C@H]2O1. The van der Waals surface area contributed by atoms with Crippen LogP contribution in [0.4, 0.5) is 0 Å². The van der Waals surface area contributed by atoms with Crippen molar-refractivity contribution < 1.29 is 38.1 Å². The highest BCUT2D eigenvalue weighted by Gasteiger charge is 2.77. The van der Waals surface area contributed by atoms with Crippen LogP contribution in [0.3, 0.4) is 0 Å². The van der Waals surface area contributed by atoms with E-state index >= 15 is 0 Å². The van der Waals surface area contributed by atoms with Crippen LogP contribution in [0.1, 0.15) is 49.0 Å². The van der Waals surface area contributed by atoms with Gasteiger partial charge in [-0.3, -0.25) is 19.2 Å². The Hall–Kier alpha value is -4.20. The lowest BCUT2D eigenvalue weighted by Crippen LogP contribution is -2.68. The molecule has 1 spiro atoms. The highest BCUT2D eigenvalue weighted by Crippen LogP contribution is 2.71. The number of carbonyl (C=O) groups is 4. The molecule has 4 aliphatic carbocycles. The van der Waals surface area contributed by atoms with Crippen LogP contribution in [-0.2, 0) is 38.1 Å². The van der Waals surface area contributed by atoms with Gasteiger partial charge < -0.3 is 18.9 Å². The number of ketones is 2. The maximum Gasteiger partial charge on any atom is 0.306 e. The molecule has 212 valence electrons. The molecule has 0 N–H and O–H groups in total. The summed E-state index contributed by atoms with van der Waals surface area (Å²) in [5.74, 6) is -2.11. The van der Waals surface area contributed by atoms with E-state index < -0.39 is 47.6 Å². The largest absolute Gasteiger partial charge is 0.489 e. The molecular weight excluding hydrogens is 536 g/mol. The molecule has 4 aliphatic heterocycles. The van der Waals surface area contributed by atoms with Gasteiger partial charge in [-0.25, -0.2) is 0 Å². The summed E-state index contributed by atoms with van der Waals surface area (Å²) >= 11 is 0. The van der Waals surface area contributed by atoms with Crippen molar-refractivity contribution in [2.75, 3.05) is 0 Å². The van der Waals surface area contributed by atoms with E-state index in [4.69, 9.17) is 18.9 Å². The number of benzene rings is 2. The zero-order chi connectivity index (χ0) is 28.3. The molecule has 2 aromatic rings. The first-order valence-electron chi connectivity index (χ1n) is 14.8. The topological polar surface area (TPSA) is 105 Å². The molecule has 10 atom stereocenters. The van der Waals surface area contributed by atoms with E-state index in [1.807, 2.05) is 66.7 Å². The zero-order valence-electron chi connectivity index (χ0n) is 22.6. The Bertz CT molecular complexity index is 1630. The maximum absolute atomic E-state index is 14.8. The summed E-state index contributed by atoms with van der Waals surface area (Å²) < 4.78 is 25.4. The predicted molar refractivity (Wildman–Crippen MR) is 144 cm³/mol. The van der Waals surface area contributed by atoms with E-state index in [-0.39, 0.29) is 61.0 Å². The average Bonchev–Trinajstić information content (AvgIpc) is 3.60. The van der Waals surface area contributed by atoms with Gasteiger partial charge in [0.05, 0.1) is 19.3 Å². The standard InChI is InChI=1S/C34H28O8/c35-21-14-22(16-7-3-1-4-8-16)40-33-28(21)19-12-26(37)42-32(19)29-18-11-25-34(30(29)33,20-13-27(38)41-31(18)20)24(36)15-23(39-25)17-9-5-2-6-10-17/h1-11,18-20,22-23,29-32H,12-15H2/t18-,19-,20+,22-,23-,29-,30+,31-,32+,34+/m1/s1. The van der Waals surface area contributed by atoms with Gasteiger partial charge in [0.1, 0.15) is 41.3 Å².